The molecule has 0 aliphatic heterocycles. The van der Waals surface area contributed by atoms with Crippen molar-refractivity contribution in [3.05, 3.63) is 48.8 Å². The molecule has 1 aromatic carbocycles. The third-order valence-corrected chi connectivity index (χ3v) is 3.78. The number of nitrogens with zero attached hydrogens (tertiary/aromatic N) is 3. The number of halogens is 2. The van der Waals surface area contributed by atoms with Gasteiger partial charge in [0, 0.05) is 29.9 Å². The number of nitrogens with one attached hydrogen (secondary N) is 1. The standard InChI is InChI=1S/C17H16N4.2ClH/c1-2-6-15-14(5-1)17(19-10-12-7-8-12)21-16(20-15)13-4-3-9-18-11-13;;/h1-6,9,11-12H,7-8,10H2,(H,19,20,21);2*1H. The van der Waals surface area contributed by atoms with Crippen molar-refractivity contribution in [3.63, 3.8) is 0 Å². The van der Waals surface area contributed by atoms with E-state index < -0.39 is 0 Å². The van der Waals surface area contributed by atoms with E-state index in [-0.39, 0.29) is 24.8 Å². The van der Waals surface area contributed by atoms with Gasteiger partial charge in [-0.1, -0.05) is 12.1 Å². The molecule has 0 amide bonds. The number of benzene rings is 1. The monoisotopic (exact) mass is 348 g/mol. The fourth-order valence-electron chi connectivity index (χ4n) is 2.40. The molecular formula is C17H18Cl2N4. The van der Waals surface area contributed by atoms with E-state index in [4.69, 9.17) is 4.98 Å². The van der Waals surface area contributed by atoms with Gasteiger partial charge in [-0.2, -0.15) is 0 Å². The van der Waals surface area contributed by atoms with Gasteiger partial charge in [0.1, 0.15) is 5.82 Å². The predicted molar refractivity (Wildman–Crippen MR) is 98.5 cm³/mol. The van der Waals surface area contributed by atoms with Crippen molar-refractivity contribution >= 4 is 41.5 Å². The minimum atomic E-state index is 0. The van der Waals surface area contributed by atoms with Crippen LogP contribution in [0.1, 0.15) is 12.8 Å². The molecule has 0 saturated heterocycles. The number of hydrogen-bond acceptors (Lipinski definition) is 4. The number of rotatable bonds is 4. The fraction of sp³-hybridized carbons (Fsp3) is 0.235. The van der Waals surface area contributed by atoms with Gasteiger partial charge in [-0.25, -0.2) is 9.97 Å². The molecule has 6 heteroatoms. The summed E-state index contributed by atoms with van der Waals surface area (Å²) < 4.78 is 0. The number of anilines is 1. The van der Waals surface area contributed by atoms with Crippen LogP contribution >= 0.6 is 24.8 Å². The highest BCUT2D eigenvalue weighted by Crippen LogP contribution is 2.30. The summed E-state index contributed by atoms with van der Waals surface area (Å²) in [5, 5.41) is 4.56. The Labute approximate surface area is 147 Å². The smallest absolute Gasteiger partial charge is 0.163 e. The van der Waals surface area contributed by atoms with Gasteiger partial charge in [0.05, 0.1) is 5.52 Å². The molecule has 1 aliphatic rings. The number of pyridine rings is 1. The summed E-state index contributed by atoms with van der Waals surface area (Å²) in [5.41, 5.74) is 1.90. The highest BCUT2D eigenvalue weighted by atomic mass is 35.5. The number of fused-ring (bicyclic) bond motifs is 1. The van der Waals surface area contributed by atoms with Crippen molar-refractivity contribution < 1.29 is 0 Å². The average molecular weight is 349 g/mol. The van der Waals surface area contributed by atoms with Gasteiger partial charge in [-0.3, -0.25) is 4.98 Å². The molecule has 2 aromatic heterocycles. The largest absolute Gasteiger partial charge is 0.369 e. The Kier molecular flexibility index (Phi) is 5.74. The molecule has 1 saturated carbocycles. The van der Waals surface area contributed by atoms with E-state index in [1.54, 1.807) is 12.4 Å². The Balaban J connectivity index is 0.000000960. The molecule has 1 N–H and O–H groups in total. The first-order valence-electron chi connectivity index (χ1n) is 7.31. The Morgan fingerprint density at radius 2 is 1.83 bits per heavy atom. The third kappa shape index (κ3) is 3.89. The van der Waals surface area contributed by atoms with Crippen LogP contribution in [0.4, 0.5) is 5.82 Å². The lowest BCUT2D eigenvalue weighted by Gasteiger charge is -2.10. The van der Waals surface area contributed by atoms with Gasteiger partial charge < -0.3 is 5.32 Å². The van der Waals surface area contributed by atoms with E-state index in [1.165, 1.54) is 12.8 Å². The summed E-state index contributed by atoms with van der Waals surface area (Å²) in [6.45, 7) is 0.994. The molecule has 4 nitrogen and oxygen atoms in total. The van der Waals surface area contributed by atoms with E-state index in [0.29, 0.717) is 0 Å². The van der Waals surface area contributed by atoms with Crippen LogP contribution < -0.4 is 5.32 Å². The molecule has 120 valence electrons. The van der Waals surface area contributed by atoms with E-state index in [9.17, 15) is 0 Å². The van der Waals surface area contributed by atoms with Gasteiger partial charge in [0.2, 0.25) is 0 Å². The predicted octanol–water partition coefficient (Wildman–Crippen LogP) is 4.36. The summed E-state index contributed by atoms with van der Waals surface area (Å²) >= 11 is 0. The van der Waals surface area contributed by atoms with Gasteiger partial charge >= 0.3 is 0 Å². The van der Waals surface area contributed by atoms with Crippen molar-refractivity contribution in [2.45, 2.75) is 12.8 Å². The molecular weight excluding hydrogens is 331 g/mol. The number of aromatic nitrogens is 3. The molecule has 4 rings (SSSR count). The van der Waals surface area contributed by atoms with E-state index >= 15 is 0 Å². The fourth-order valence-corrected chi connectivity index (χ4v) is 2.40. The molecule has 1 fully saturated rings. The second kappa shape index (κ2) is 7.57. The maximum absolute atomic E-state index is 4.71. The number of para-hydroxylation sites is 1. The first-order valence-corrected chi connectivity index (χ1v) is 7.31. The lowest BCUT2D eigenvalue weighted by molar-refractivity contribution is 0.884. The highest BCUT2D eigenvalue weighted by molar-refractivity contribution is 5.90. The summed E-state index contributed by atoms with van der Waals surface area (Å²) in [4.78, 5) is 13.5. The molecule has 1 aliphatic carbocycles. The summed E-state index contributed by atoms with van der Waals surface area (Å²) in [6, 6.07) is 12.0. The van der Waals surface area contributed by atoms with Crippen LogP contribution in [0, 0.1) is 5.92 Å². The van der Waals surface area contributed by atoms with Crippen LogP contribution in [0.2, 0.25) is 0 Å². The van der Waals surface area contributed by atoms with Gasteiger partial charge in [-0.15, -0.1) is 24.8 Å². The molecule has 0 atom stereocenters. The van der Waals surface area contributed by atoms with Crippen LogP contribution in [0.5, 0.6) is 0 Å². The normalized spacial score (nSPS) is 13.0. The Bertz CT molecular complexity index is 776. The molecule has 2 heterocycles. The maximum atomic E-state index is 4.71. The quantitative estimate of drug-likeness (QED) is 0.760. The van der Waals surface area contributed by atoms with E-state index in [2.05, 4.69) is 21.4 Å². The van der Waals surface area contributed by atoms with Crippen LogP contribution in [-0.2, 0) is 0 Å². The van der Waals surface area contributed by atoms with Crippen LogP contribution in [0.15, 0.2) is 48.8 Å². The molecule has 0 spiro atoms. The lowest BCUT2D eigenvalue weighted by Crippen LogP contribution is -2.07. The maximum Gasteiger partial charge on any atom is 0.163 e. The van der Waals surface area contributed by atoms with Crippen molar-refractivity contribution in [1.29, 1.82) is 0 Å². The first kappa shape index (κ1) is 17.4. The summed E-state index contributed by atoms with van der Waals surface area (Å²) in [7, 11) is 0. The Morgan fingerprint density at radius 3 is 2.57 bits per heavy atom. The molecule has 23 heavy (non-hydrogen) atoms. The van der Waals surface area contributed by atoms with Gasteiger partial charge in [-0.05, 0) is 43.0 Å². The molecule has 3 aromatic rings. The zero-order valence-electron chi connectivity index (χ0n) is 12.5. The minimum absolute atomic E-state index is 0. The SMILES string of the molecule is Cl.Cl.c1cncc(-c2nc(NCC3CC3)c3ccccc3n2)c1. The minimum Gasteiger partial charge on any atom is -0.369 e. The van der Waals surface area contributed by atoms with Crippen molar-refractivity contribution in [1.82, 2.24) is 15.0 Å². The molecule has 0 bridgehead atoms. The topological polar surface area (TPSA) is 50.7 Å². The third-order valence-electron chi connectivity index (χ3n) is 3.78. The van der Waals surface area contributed by atoms with E-state index in [0.717, 1.165) is 40.6 Å². The van der Waals surface area contributed by atoms with Crippen LogP contribution in [0.25, 0.3) is 22.3 Å². The second-order valence-corrected chi connectivity index (χ2v) is 5.48. The van der Waals surface area contributed by atoms with Gasteiger partial charge in [0.25, 0.3) is 0 Å². The van der Waals surface area contributed by atoms with Crippen LogP contribution in [0.3, 0.4) is 0 Å². The Morgan fingerprint density at radius 1 is 1.00 bits per heavy atom. The zero-order chi connectivity index (χ0) is 14.1. The van der Waals surface area contributed by atoms with Crippen molar-refractivity contribution in [2.24, 2.45) is 5.92 Å². The highest BCUT2D eigenvalue weighted by Gasteiger charge is 2.21. The molecule has 0 unspecified atom stereocenters. The zero-order valence-corrected chi connectivity index (χ0v) is 14.1. The van der Waals surface area contributed by atoms with Gasteiger partial charge in [0.15, 0.2) is 5.82 Å². The Hall–Kier alpha value is -1.91. The van der Waals surface area contributed by atoms with Crippen LogP contribution in [-0.4, -0.2) is 21.5 Å². The number of hydrogen-bond donors (Lipinski definition) is 1. The summed E-state index contributed by atoms with van der Waals surface area (Å²) in [5.74, 6) is 2.45. The lowest BCUT2D eigenvalue weighted by atomic mass is 10.2. The first-order chi connectivity index (χ1) is 10.4. The van der Waals surface area contributed by atoms with Crippen molar-refractivity contribution in [2.75, 3.05) is 11.9 Å². The summed E-state index contributed by atoms with van der Waals surface area (Å²) in [6.07, 6.45) is 6.21. The molecule has 0 radical (unpaired) electrons. The van der Waals surface area contributed by atoms with Crippen molar-refractivity contribution in [3.8, 4) is 11.4 Å². The van der Waals surface area contributed by atoms with E-state index in [1.807, 2.05) is 30.3 Å². The average Bonchev–Trinajstić information content (AvgIpc) is 3.37. The second-order valence-electron chi connectivity index (χ2n) is 5.48.